The molecule has 6 heteroatoms. The first-order valence-electron chi connectivity index (χ1n) is 12.7. The summed E-state index contributed by atoms with van der Waals surface area (Å²) >= 11 is 1.62. The van der Waals surface area contributed by atoms with Gasteiger partial charge < -0.3 is 5.11 Å². The SMILES string of the molecule is CC(C)(C)c1cc(-c2cccc3cccnc23)c2nc(-c3ccccc3N=Cc3cc(F)ccc3O)sc2c1. The number of fused-ring (bicyclic) bond motifs is 2. The number of thiazole rings is 1. The molecule has 4 nitrogen and oxygen atoms in total. The van der Waals surface area contributed by atoms with E-state index >= 15 is 0 Å². The monoisotopic (exact) mass is 531 g/mol. The molecular formula is C33H26FN3OS. The summed E-state index contributed by atoms with van der Waals surface area (Å²) in [4.78, 5) is 14.5. The summed E-state index contributed by atoms with van der Waals surface area (Å²) in [6, 6.07) is 26.3. The topological polar surface area (TPSA) is 58.4 Å². The number of aromatic nitrogens is 2. The van der Waals surface area contributed by atoms with E-state index in [0.29, 0.717) is 11.3 Å². The number of para-hydroxylation sites is 2. The molecular weight excluding hydrogens is 505 g/mol. The zero-order valence-electron chi connectivity index (χ0n) is 21.8. The van der Waals surface area contributed by atoms with Gasteiger partial charge in [0.25, 0.3) is 0 Å². The van der Waals surface area contributed by atoms with E-state index in [2.05, 4.69) is 62.2 Å². The molecule has 0 saturated heterocycles. The van der Waals surface area contributed by atoms with Crippen molar-refractivity contribution >= 4 is 44.4 Å². The molecule has 0 aliphatic carbocycles. The fourth-order valence-corrected chi connectivity index (χ4v) is 5.71. The Morgan fingerprint density at radius 3 is 2.49 bits per heavy atom. The van der Waals surface area contributed by atoms with E-state index in [-0.39, 0.29) is 11.2 Å². The van der Waals surface area contributed by atoms with Crippen LogP contribution in [0.4, 0.5) is 10.1 Å². The summed E-state index contributed by atoms with van der Waals surface area (Å²) in [7, 11) is 0. The van der Waals surface area contributed by atoms with Crippen molar-refractivity contribution in [3.05, 3.63) is 108 Å². The molecule has 192 valence electrons. The molecule has 0 radical (unpaired) electrons. The largest absolute Gasteiger partial charge is 0.507 e. The molecule has 0 atom stereocenters. The van der Waals surface area contributed by atoms with Crippen molar-refractivity contribution in [3.8, 4) is 27.4 Å². The number of aliphatic imine (C=N–C) groups is 1. The smallest absolute Gasteiger partial charge is 0.126 e. The number of pyridine rings is 1. The molecule has 4 aromatic carbocycles. The average molecular weight is 532 g/mol. The average Bonchev–Trinajstić information content (AvgIpc) is 3.37. The van der Waals surface area contributed by atoms with E-state index in [1.54, 1.807) is 11.3 Å². The van der Waals surface area contributed by atoms with Crippen LogP contribution in [0.5, 0.6) is 5.75 Å². The van der Waals surface area contributed by atoms with Crippen LogP contribution in [-0.4, -0.2) is 21.3 Å². The van der Waals surface area contributed by atoms with Crippen LogP contribution in [-0.2, 0) is 5.41 Å². The fraction of sp³-hybridized carbons (Fsp3) is 0.121. The lowest BCUT2D eigenvalue weighted by atomic mass is 9.85. The third-order valence-electron chi connectivity index (χ3n) is 6.75. The molecule has 0 amide bonds. The highest BCUT2D eigenvalue weighted by molar-refractivity contribution is 7.21. The maximum absolute atomic E-state index is 13.7. The molecule has 0 aliphatic rings. The second kappa shape index (κ2) is 9.71. The molecule has 2 aromatic heterocycles. The maximum Gasteiger partial charge on any atom is 0.126 e. The molecule has 39 heavy (non-hydrogen) atoms. The zero-order valence-corrected chi connectivity index (χ0v) is 22.6. The van der Waals surface area contributed by atoms with Gasteiger partial charge in [-0.2, -0.15) is 0 Å². The highest BCUT2D eigenvalue weighted by Gasteiger charge is 2.21. The number of hydrogen-bond donors (Lipinski definition) is 1. The first-order chi connectivity index (χ1) is 18.8. The second-order valence-electron chi connectivity index (χ2n) is 10.5. The predicted octanol–water partition coefficient (Wildman–Crippen LogP) is 9.07. The van der Waals surface area contributed by atoms with E-state index in [9.17, 15) is 9.50 Å². The second-order valence-corrected chi connectivity index (χ2v) is 11.5. The van der Waals surface area contributed by atoms with Crippen molar-refractivity contribution in [1.82, 2.24) is 9.97 Å². The minimum absolute atomic E-state index is 0.0272. The molecule has 0 fully saturated rings. The maximum atomic E-state index is 13.7. The van der Waals surface area contributed by atoms with Gasteiger partial charge in [-0.05, 0) is 59.5 Å². The van der Waals surface area contributed by atoms with E-state index in [0.717, 1.165) is 42.8 Å². The highest BCUT2D eigenvalue weighted by Crippen LogP contribution is 2.42. The molecule has 0 unspecified atom stereocenters. The molecule has 0 bridgehead atoms. The van der Waals surface area contributed by atoms with Gasteiger partial charge in [-0.1, -0.05) is 57.2 Å². The van der Waals surface area contributed by atoms with Crippen molar-refractivity contribution in [2.24, 2.45) is 4.99 Å². The first kappa shape index (κ1) is 24.9. The van der Waals surface area contributed by atoms with E-state index in [1.807, 2.05) is 36.5 Å². The van der Waals surface area contributed by atoms with E-state index in [1.165, 1.54) is 30.0 Å². The zero-order chi connectivity index (χ0) is 27.1. The van der Waals surface area contributed by atoms with Crippen LogP contribution in [0.1, 0.15) is 31.9 Å². The quantitative estimate of drug-likeness (QED) is 0.231. The number of phenolic OH excluding ortho intramolecular Hbond substituents is 1. The lowest BCUT2D eigenvalue weighted by Crippen LogP contribution is -2.11. The number of halogens is 1. The van der Waals surface area contributed by atoms with Crippen LogP contribution in [0.3, 0.4) is 0 Å². The molecule has 0 saturated carbocycles. The van der Waals surface area contributed by atoms with Gasteiger partial charge in [-0.15, -0.1) is 11.3 Å². The van der Waals surface area contributed by atoms with Gasteiger partial charge in [0.05, 0.1) is 21.4 Å². The Morgan fingerprint density at radius 1 is 0.846 bits per heavy atom. The number of phenols is 1. The normalized spacial score (nSPS) is 12.1. The fourth-order valence-electron chi connectivity index (χ4n) is 4.64. The first-order valence-corrected chi connectivity index (χ1v) is 13.5. The summed E-state index contributed by atoms with van der Waals surface area (Å²) in [5, 5.41) is 12.0. The van der Waals surface area contributed by atoms with Crippen LogP contribution in [0.25, 0.3) is 42.8 Å². The number of benzene rings is 4. The molecule has 2 heterocycles. The third-order valence-corrected chi connectivity index (χ3v) is 7.79. The third kappa shape index (κ3) is 4.79. The highest BCUT2D eigenvalue weighted by atomic mass is 32.1. The number of nitrogens with zero attached hydrogens (tertiary/aromatic N) is 3. The summed E-state index contributed by atoms with van der Waals surface area (Å²) in [6.07, 6.45) is 3.31. The Labute approximate surface area is 230 Å². The van der Waals surface area contributed by atoms with Crippen LogP contribution in [0.2, 0.25) is 0 Å². The number of rotatable bonds is 4. The Morgan fingerprint density at radius 2 is 1.64 bits per heavy atom. The summed E-state index contributed by atoms with van der Waals surface area (Å²) in [5.41, 5.74) is 7.00. The summed E-state index contributed by atoms with van der Waals surface area (Å²) in [6.45, 7) is 6.65. The van der Waals surface area contributed by atoms with Crippen LogP contribution in [0.15, 0.2) is 96.1 Å². The van der Waals surface area contributed by atoms with Crippen molar-refractivity contribution in [2.75, 3.05) is 0 Å². The van der Waals surface area contributed by atoms with E-state index < -0.39 is 5.82 Å². The molecule has 0 aliphatic heterocycles. The molecule has 6 rings (SSSR count). The van der Waals surface area contributed by atoms with Crippen LogP contribution in [0, 0.1) is 5.82 Å². The minimum Gasteiger partial charge on any atom is -0.507 e. The van der Waals surface area contributed by atoms with Crippen molar-refractivity contribution in [2.45, 2.75) is 26.2 Å². The van der Waals surface area contributed by atoms with Crippen molar-refractivity contribution in [3.63, 3.8) is 0 Å². The molecule has 0 spiro atoms. The number of hydrogen-bond acceptors (Lipinski definition) is 5. The lowest BCUT2D eigenvalue weighted by Gasteiger charge is -2.20. The standard InChI is InChI=1S/C33H26FN3OS/c1-33(2,3)22-17-26(24-11-6-8-20-9-7-15-35-30(20)24)31-29(18-22)39-32(37-31)25-10-4-5-12-27(25)36-19-21-16-23(34)13-14-28(21)38/h4-19,38H,1-3H3. The Kier molecular flexibility index (Phi) is 6.20. The van der Waals surface area contributed by atoms with Crippen LogP contribution >= 0.6 is 11.3 Å². The van der Waals surface area contributed by atoms with Crippen molar-refractivity contribution in [1.29, 1.82) is 0 Å². The molecule has 6 aromatic rings. The Balaban J connectivity index is 1.54. The van der Waals surface area contributed by atoms with Crippen molar-refractivity contribution < 1.29 is 9.50 Å². The molecule has 1 N–H and O–H groups in total. The van der Waals surface area contributed by atoms with Gasteiger partial charge in [-0.3, -0.25) is 9.98 Å². The Hall–Kier alpha value is -4.42. The lowest BCUT2D eigenvalue weighted by molar-refractivity contribution is 0.472. The Bertz CT molecular complexity index is 1880. The van der Waals surface area contributed by atoms with Gasteiger partial charge >= 0.3 is 0 Å². The van der Waals surface area contributed by atoms with Gasteiger partial charge in [0.2, 0.25) is 0 Å². The van der Waals surface area contributed by atoms with Gasteiger partial charge in [0.15, 0.2) is 0 Å². The van der Waals surface area contributed by atoms with Gasteiger partial charge in [-0.25, -0.2) is 9.37 Å². The van der Waals surface area contributed by atoms with Gasteiger partial charge in [0, 0.05) is 40.1 Å². The summed E-state index contributed by atoms with van der Waals surface area (Å²) < 4.78 is 14.8. The minimum atomic E-state index is -0.432. The van der Waals surface area contributed by atoms with E-state index in [4.69, 9.17) is 9.97 Å². The predicted molar refractivity (Wildman–Crippen MR) is 160 cm³/mol. The van der Waals surface area contributed by atoms with Crippen LogP contribution < -0.4 is 0 Å². The van der Waals surface area contributed by atoms with Gasteiger partial charge in [0.1, 0.15) is 16.6 Å². The number of aromatic hydroxyl groups is 1. The summed E-state index contributed by atoms with van der Waals surface area (Å²) in [5.74, 6) is -0.459.